The second-order valence-electron chi connectivity index (χ2n) is 6.78. The van der Waals surface area contributed by atoms with Gasteiger partial charge in [0.2, 0.25) is 0 Å². The number of hydrogen-bond acceptors (Lipinski definition) is 2. The normalized spacial score (nSPS) is 15.1. The Hall–Kier alpha value is -2.03. The molecular weight excluding hydrogens is 336 g/mol. The number of fused-ring (bicyclic) bond motifs is 6. The van der Waals surface area contributed by atoms with E-state index in [9.17, 15) is 0 Å². The number of ether oxygens (including phenoxy) is 1. The van der Waals surface area contributed by atoms with Crippen LogP contribution in [0.25, 0.3) is 20.2 Å². The van der Waals surface area contributed by atoms with E-state index >= 15 is 0 Å². The average Bonchev–Trinajstić information content (AvgIpc) is 2.95. The summed E-state index contributed by atoms with van der Waals surface area (Å²) in [6, 6.07) is 18.9. The Morgan fingerprint density at radius 3 is 2.62 bits per heavy atom. The van der Waals surface area contributed by atoms with E-state index in [0.29, 0.717) is 0 Å². The Balaban J connectivity index is 1.87. The fourth-order valence-corrected chi connectivity index (χ4v) is 5.05. The molecule has 0 atom stereocenters. The lowest BCUT2D eigenvalue weighted by Crippen LogP contribution is -2.24. The third-order valence-electron chi connectivity index (χ3n) is 5.00. The van der Waals surface area contributed by atoms with E-state index in [1.165, 1.54) is 25.7 Å². The number of hydrogen-bond donors (Lipinski definition) is 0. The van der Waals surface area contributed by atoms with Crippen LogP contribution in [0.3, 0.4) is 0 Å². The molecule has 0 saturated heterocycles. The van der Waals surface area contributed by atoms with E-state index in [2.05, 4.69) is 50.2 Å². The maximum Gasteiger partial charge on any atom is 0.149 e. The predicted molar refractivity (Wildman–Crippen MR) is 103 cm³/mol. The van der Waals surface area contributed by atoms with E-state index in [1.54, 1.807) is 11.3 Å². The van der Waals surface area contributed by atoms with Gasteiger partial charge in [-0.2, -0.15) is 0 Å². The summed E-state index contributed by atoms with van der Waals surface area (Å²) in [6.07, 6.45) is 0. The molecule has 1 aliphatic heterocycles. The number of benzene rings is 3. The molecule has 0 amide bonds. The standard InChI is InChI=1S/C21H15ClOS/c1-21(2)15-9-8-14-13-5-3-4-6-18(13)24-20(14)19(15)23-17-10-7-12(22)11-16(17)21/h3-11H,1-2H3. The van der Waals surface area contributed by atoms with Gasteiger partial charge in [0, 0.05) is 37.0 Å². The Morgan fingerprint density at radius 2 is 1.75 bits per heavy atom. The van der Waals surface area contributed by atoms with Crippen molar-refractivity contribution in [2.45, 2.75) is 19.3 Å². The SMILES string of the molecule is CC1(C)c2cc(Cl)ccc2Oc2c1ccc1c2sc2ccccc21. The lowest BCUT2D eigenvalue weighted by molar-refractivity contribution is 0.423. The summed E-state index contributed by atoms with van der Waals surface area (Å²) in [5.41, 5.74) is 2.22. The molecule has 0 N–H and O–H groups in total. The van der Waals surface area contributed by atoms with Crippen molar-refractivity contribution in [2.75, 3.05) is 0 Å². The summed E-state index contributed by atoms with van der Waals surface area (Å²) in [7, 11) is 0. The predicted octanol–water partition coefficient (Wildman–Crippen LogP) is 7.14. The van der Waals surface area contributed by atoms with Gasteiger partial charge in [0.15, 0.2) is 0 Å². The molecule has 118 valence electrons. The van der Waals surface area contributed by atoms with Gasteiger partial charge in [-0.3, -0.25) is 0 Å². The van der Waals surface area contributed by atoms with Crippen molar-refractivity contribution in [3.63, 3.8) is 0 Å². The molecule has 24 heavy (non-hydrogen) atoms. The summed E-state index contributed by atoms with van der Waals surface area (Å²) < 4.78 is 8.88. The van der Waals surface area contributed by atoms with E-state index < -0.39 is 0 Å². The second-order valence-corrected chi connectivity index (χ2v) is 8.27. The van der Waals surface area contributed by atoms with Crippen molar-refractivity contribution in [1.82, 2.24) is 0 Å². The first kappa shape index (κ1) is 14.3. The van der Waals surface area contributed by atoms with E-state index in [4.69, 9.17) is 16.3 Å². The Labute approximate surface area is 149 Å². The van der Waals surface area contributed by atoms with Crippen molar-refractivity contribution in [3.05, 3.63) is 70.7 Å². The van der Waals surface area contributed by atoms with Gasteiger partial charge in [-0.25, -0.2) is 0 Å². The van der Waals surface area contributed by atoms with Crippen LogP contribution in [0.1, 0.15) is 25.0 Å². The number of halogens is 1. The molecule has 0 saturated carbocycles. The minimum Gasteiger partial charge on any atom is -0.455 e. The molecule has 0 fully saturated rings. The summed E-state index contributed by atoms with van der Waals surface area (Å²) in [4.78, 5) is 0. The van der Waals surface area contributed by atoms with Gasteiger partial charge in [0.25, 0.3) is 0 Å². The summed E-state index contributed by atoms with van der Waals surface area (Å²) in [5.74, 6) is 1.90. The molecule has 3 aromatic carbocycles. The molecule has 4 aromatic rings. The Kier molecular flexibility index (Phi) is 2.83. The molecular formula is C21H15ClOS. The second kappa shape index (κ2) is 4.75. The molecule has 0 radical (unpaired) electrons. The maximum atomic E-state index is 6.36. The zero-order valence-corrected chi connectivity index (χ0v) is 15.0. The van der Waals surface area contributed by atoms with Gasteiger partial charge in [0.05, 0.1) is 4.70 Å². The largest absolute Gasteiger partial charge is 0.455 e. The molecule has 0 unspecified atom stereocenters. The van der Waals surface area contributed by atoms with E-state index in [-0.39, 0.29) is 5.41 Å². The number of rotatable bonds is 0. The van der Waals surface area contributed by atoms with Crippen LogP contribution in [0.15, 0.2) is 54.6 Å². The van der Waals surface area contributed by atoms with Crippen molar-refractivity contribution < 1.29 is 4.74 Å². The summed E-state index contributed by atoms with van der Waals surface area (Å²) >= 11 is 8.03. The van der Waals surface area contributed by atoms with Gasteiger partial charge < -0.3 is 4.74 Å². The topological polar surface area (TPSA) is 9.23 Å². The first-order valence-electron chi connectivity index (χ1n) is 7.98. The quantitative estimate of drug-likeness (QED) is 0.327. The average molecular weight is 351 g/mol. The van der Waals surface area contributed by atoms with Gasteiger partial charge in [-0.1, -0.05) is 55.8 Å². The lowest BCUT2D eigenvalue weighted by atomic mass is 9.75. The van der Waals surface area contributed by atoms with Gasteiger partial charge in [-0.15, -0.1) is 11.3 Å². The Bertz CT molecular complexity index is 1120. The third kappa shape index (κ3) is 1.81. The van der Waals surface area contributed by atoms with Crippen LogP contribution in [-0.2, 0) is 5.41 Å². The minimum atomic E-state index is -0.141. The van der Waals surface area contributed by atoms with Crippen LogP contribution in [-0.4, -0.2) is 0 Å². The number of thiophene rings is 1. The zero-order valence-electron chi connectivity index (χ0n) is 13.4. The van der Waals surface area contributed by atoms with E-state index in [1.807, 2.05) is 18.2 Å². The molecule has 0 spiro atoms. The highest BCUT2D eigenvalue weighted by Crippen LogP contribution is 2.53. The molecule has 1 aromatic heterocycles. The molecule has 3 heteroatoms. The molecule has 0 bridgehead atoms. The highest BCUT2D eigenvalue weighted by Gasteiger charge is 2.35. The van der Waals surface area contributed by atoms with Crippen LogP contribution in [0.4, 0.5) is 0 Å². The van der Waals surface area contributed by atoms with Crippen LogP contribution in [0, 0.1) is 0 Å². The molecule has 2 heterocycles. The van der Waals surface area contributed by atoms with Crippen molar-refractivity contribution in [1.29, 1.82) is 0 Å². The van der Waals surface area contributed by atoms with Gasteiger partial charge in [0.1, 0.15) is 11.5 Å². The highest BCUT2D eigenvalue weighted by molar-refractivity contribution is 7.26. The molecule has 1 aliphatic rings. The van der Waals surface area contributed by atoms with Gasteiger partial charge in [-0.05, 0) is 24.3 Å². The fraction of sp³-hybridized carbons (Fsp3) is 0.143. The van der Waals surface area contributed by atoms with Crippen LogP contribution < -0.4 is 4.74 Å². The molecule has 1 nitrogen and oxygen atoms in total. The third-order valence-corrected chi connectivity index (χ3v) is 6.42. The molecule has 5 rings (SSSR count). The van der Waals surface area contributed by atoms with Crippen LogP contribution in [0.5, 0.6) is 11.5 Å². The summed E-state index contributed by atoms with van der Waals surface area (Å²) in [6.45, 7) is 4.48. The fourth-order valence-electron chi connectivity index (χ4n) is 3.69. The van der Waals surface area contributed by atoms with Crippen molar-refractivity contribution >= 4 is 43.1 Å². The first-order chi connectivity index (χ1) is 11.6. The lowest BCUT2D eigenvalue weighted by Gasteiger charge is -2.34. The van der Waals surface area contributed by atoms with Crippen molar-refractivity contribution in [3.8, 4) is 11.5 Å². The molecule has 0 aliphatic carbocycles. The monoisotopic (exact) mass is 350 g/mol. The first-order valence-corrected chi connectivity index (χ1v) is 9.18. The minimum absolute atomic E-state index is 0.141. The van der Waals surface area contributed by atoms with Crippen LogP contribution in [0.2, 0.25) is 5.02 Å². The zero-order chi connectivity index (χ0) is 16.5. The Morgan fingerprint density at radius 1 is 0.917 bits per heavy atom. The summed E-state index contributed by atoms with van der Waals surface area (Å²) in [5, 5.41) is 3.31. The highest BCUT2D eigenvalue weighted by atomic mass is 35.5. The van der Waals surface area contributed by atoms with Crippen molar-refractivity contribution in [2.24, 2.45) is 0 Å². The maximum absolute atomic E-state index is 6.36. The van der Waals surface area contributed by atoms with Crippen LogP contribution >= 0.6 is 22.9 Å². The van der Waals surface area contributed by atoms with E-state index in [0.717, 1.165) is 22.1 Å². The van der Waals surface area contributed by atoms with Gasteiger partial charge >= 0.3 is 0 Å². The smallest absolute Gasteiger partial charge is 0.149 e.